The third-order valence-corrected chi connectivity index (χ3v) is 8.36. The summed E-state index contributed by atoms with van der Waals surface area (Å²) in [6.07, 6.45) is 2.27. The highest BCUT2D eigenvalue weighted by Crippen LogP contribution is 2.49. The van der Waals surface area contributed by atoms with Crippen molar-refractivity contribution < 1.29 is 33.8 Å². The van der Waals surface area contributed by atoms with Gasteiger partial charge in [0.2, 0.25) is 5.75 Å². The van der Waals surface area contributed by atoms with Crippen LogP contribution in [0.2, 0.25) is 0 Å². The summed E-state index contributed by atoms with van der Waals surface area (Å²) in [6.45, 7) is 4.26. The number of esters is 1. The van der Waals surface area contributed by atoms with Gasteiger partial charge >= 0.3 is 11.7 Å². The maximum atomic E-state index is 13.8. The molecule has 1 aromatic carbocycles. The van der Waals surface area contributed by atoms with Gasteiger partial charge in [-0.1, -0.05) is 6.07 Å². The lowest BCUT2D eigenvalue weighted by Crippen LogP contribution is -2.36. The molecule has 0 saturated carbocycles. The topological polar surface area (TPSA) is 137 Å². The number of nitrogens with one attached hydrogen (secondary N) is 1. The minimum atomic E-state index is -0.937. The van der Waals surface area contributed by atoms with Gasteiger partial charge in [0, 0.05) is 52.8 Å². The van der Waals surface area contributed by atoms with Crippen LogP contribution in [0.1, 0.15) is 61.8 Å². The zero-order valence-corrected chi connectivity index (χ0v) is 22.5. The molecule has 3 heterocycles. The van der Waals surface area contributed by atoms with Gasteiger partial charge in [-0.15, -0.1) is 11.3 Å². The highest BCUT2D eigenvalue weighted by atomic mass is 32.1. The molecule has 2 aromatic rings. The van der Waals surface area contributed by atoms with Gasteiger partial charge in [0.25, 0.3) is 0 Å². The van der Waals surface area contributed by atoms with Crippen LogP contribution in [-0.2, 0) is 19.1 Å². The number of phenols is 1. The van der Waals surface area contributed by atoms with Gasteiger partial charge in [0.05, 0.1) is 23.2 Å². The Morgan fingerprint density at radius 3 is 2.82 bits per heavy atom. The number of phenolic OH excluding ortho intramolecular Hbond substituents is 1. The molecule has 2 aliphatic heterocycles. The zero-order chi connectivity index (χ0) is 27.7. The standard InChI is InChI=1S/C28H30N2O8S/c1-3-36-22-13-17(11-20(27(22)32)30(34)35)25-24(28(33)38-14-18-6-4-8-37-18)15(2)29-19-10-16(12-21(31)26(19)25)23-7-5-9-39-23/h5,7,9,11,13,16,18,25,29,32H,3-4,6,8,10,12,14H2,1-2H3/t16-,18-,25-/m0/s1. The Bertz CT molecular complexity index is 1360. The van der Waals surface area contributed by atoms with E-state index in [9.17, 15) is 24.8 Å². The molecule has 0 radical (unpaired) electrons. The minimum absolute atomic E-state index is 0.0154. The number of aromatic hydroxyl groups is 1. The lowest BCUT2D eigenvalue weighted by Gasteiger charge is -2.36. The molecule has 0 amide bonds. The van der Waals surface area contributed by atoms with Crippen molar-refractivity contribution in [1.82, 2.24) is 5.32 Å². The number of dihydropyridines is 1. The first-order valence-corrected chi connectivity index (χ1v) is 13.9. The molecule has 10 nitrogen and oxygen atoms in total. The fourth-order valence-electron chi connectivity index (χ4n) is 5.58. The number of rotatable bonds is 8. The fraction of sp³-hybridized carbons (Fsp3) is 0.429. The van der Waals surface area contributed by atoms with Gasteiger partial charge in [-0.05, 0) is 56.2 Å². The van der Waals surface area contributed by atoms with E-state index in [1.54, 1.807) is 25.2 Å². The van der Waals surface area contributed by atoms with E-state index < -0.39 is 28.2 Å². The number of thiophene rings is 1. The van der Waals surface area contributed by atoms with Crippen molar-refractivity contribution in [2.75, 3.05) is 19.8 Å². The first kappa shape index (κ1) is 26.9. The molecule has 206 valence electrons. The Labute approximate surface area is 229 Å². The molecule has 1 aromatic heterocycles. The Kier molecular flexibility index (Phi) is 7.72. The lowest BCUT2D eigenvalue weighted by atomic mass is 9.72. The molecular formula is C28H30N2O8S. The molecule has 5 rings (SSSR count). The Morgan fingerprint density at radius 1 is 1.33 bits per heavy atom. The number of hydrogen-bond donors (Lipinski definition) is 2. The molecule has 3 atom stereocenters. The molecule has 1 saturated heterocycles. The van der Waals surface area contributed by atoms with Gasteiger partial charge in [0.1, 0.15) is 6.61 Å². The fourth-order valence-corrected chi connectivity index (χ4v) is 6.41. The summed E-state index contributed by atoms with van der Waals surface area (Å²) in [4.78, 5) is 39.5. The van der Waals surface area contributed by atoms with Crippen molar-refractivity contribution in [2.24, 2.45) is 0 Å². The van der Waals surface area contributed by atoms with E-state index in [0.717, 1.165) is 17.7 Å². The van der Waals surface area contributed by atoms with Crippen LogP contribution in [0.25, 0.3) is 0 Å². The summed E-state index contributed by atoms with van der Waals surface area (Å²) < 4.78 is 16.7. The summed E-state index contributed by atoms with van der Waals surface area (Å²) in [5.74, 6) is -2.44. The second-order valence-corrected chi connectivity index (χ2v) is 10.8. The van der Waals surface area contributed by atoms with Crippen LogP contribution in [0.4, 0.5) is 5.69 Å². The number of nitrogens with zero attached hydrogens (tertiary/aromatic N) is 1. The first-order valence-electron chi connectivity index (χ1n) is 13.0. The first-order chi connectivity index (χ1) is 18.8. The van der Waals surface area contributed by atoms with Crippen molar-refractivity contribution in [3.05, 3.63) is 72.7 Å². The van der Waals surface area contributed by atoms with E-state index in [1.165, 1.54) is 12.1 Å². The second kappa shape index (κ2) is 11.2. The van der Waals surface area contributed by atoms with E-state index in [1.807, 2.05) is 17.5 Å². The number of Topliss-reactive ketones (excluding diaryl/α,β-unsaturated/α-hetero) is 1. The second-order valence-electron chi connectivity index (χ2n) is 9.84. The monoisotopic (exact) mass is 554 g/mol. The molecule has 3 aliphatic rings. The maximum absolute atomic E-state index is 13.8. The van der Waals surface area contributed by atoms with Crippen molar-refractivity contribution in [3.8, 4) is 11.5 Å². The van der Waals surface area contributed by atoms with Crippen LogP contribution in [0.5, 0.6) is 11.5 Å². The quantitative estimate of drug-likeness (QED) is 0.267. The van der Waals surface area contributed by atoms with Gasteiger partial charge in [-0.2, -0.15) is 0 Å². The minimum Gasteiger partial charge on any atom is -0.500 e. The highest BCUT2D eigenvalue weighted by molar-refractivity contribution is 7.10. The normalized spacial score (nSPS) is 22.9. The largest absolute Gasteiger partial charge is 0.500 e. The molecule has 0 unspecified atom stereocenters. The van der Waals surface area contributed by atoms with E-state index in [2.05, 4.69) is 5.32 Å². The summed E-state index contributed by atoms with van der Waals surface area (Å²) in [5, 5.41) is 27.6. The number of benzene rings is 1. The molecule has 0 bridgehead atoms. The van der Waals surface area contributed by atoms with Gasteiger partial charge in [-0.25, -0.2) is 4.79 Å². The molecule has 2 N–H and O–H groups in total. The van der Waals surface area contributed by atoms with Crippen molar-refractivity contribution in [3.63, 3.8) is 0 Å². The van der Waals surface area contributed by atoms with Crippen LogP contribution in [0.15, 0.2) is 52.2 Å². The van der Waals surface area contributed by atoms with Crippen LogP contribution in [0, 0.1) is 10.1 Å². The molecule has 0 spiro atoms. The highest BCUT2D eigenvalue weighted by Gasteiger charge is 2.43. The third kappa shape index (κ3) is 5.28. The van der Waals surface area contributed by atoms with Crippen LogP contribution >= 0.6 is 11.3 Å². The summed E-state index contributed by atoms with van der Waals surface area (Å²) in [6, 6.07) is 6.62. The van der Waals surface area contributed by atoms with E-state index in [-0.39, 0.29) is 48.8 Å². The Hall–Kier alpha value is -3.70. The van der Waals surface area contributed by atoms with E-state index in [0.29, 0.717) is 35.6 Å². The van der Waals surface area contributed by atoms with Crippen molar-refractivity contribution in [1.29, 1.82) is 0 Å². The zero-order valence-electron chi connectivity index (χ0n) is 21.7. The Balaban J connectivity index is 1.60. The molecule has 39 heavy (non-hydrogen) atoms. The van der Waals surface area contributed by atoms with Gasteiger partial charge in [0.15, 0.2) is 11.5 Å². The molecule has 1 aliphatic carbocycles. The number of nitro benzene ring substituents is 1. The van der Waals surface area contributed by atoms with Crippen LogP contribution in [0.3, 0.4) is 0 Å². The molecule has 11 heteroatoms. The number of allylic oxidation sites excluding steroid dienone is 3. The lowest BCUT2D eigenvalue weighted by molar-refractivity contribution is -0.386. The average Bonchev–Trinajstić information content (AvgIpc) is 3.62. The predicted molar refractivity (Wildman–Crippen MR) is 143 cm³/mol. The number of ether oxygens (including phenoxy) is 3. The van der Waals surface area contributed by atoms with E-state index >= 15 is 0 Å². The van der Waals surface area contributed by atoms with Crippen molar-refractivity contribution in [2.45, 2.75) is 57.5 Å². The maximum Gasteiger partial charge on any atom is 0.336 e. The summed E-state index contributed by atoms with van der Waals surface area (Å²) in [5.41, 5.74) is 1.47. The van der Waals surface area contributed by atoms with E-state index in [4.69, 9.17) is 14.2 Å². The van der Waals surface area contributed by atoms with Crippen LogP contribution in [-0.4, -0.2) is 47.7 Å². The molecular weight excluding hydrogens is 524 g/mol. The summed E-state index contributed by atoms with van der Waals surface area (Å²) >= 11 is 1.59. The average molecular weight is 555 g/mol. The number of carbonyl (C=O) groups is 2. The smallest absolute Gasteiger partial charge is 0.336 e. The number of hydrogen-bond acceptors (Lipinski definition) is 10. The SMILES string of the molecule is CCOc1cc([C@H]2C(C(=O)OC[C@@H]3CCCO3)=C(C)NC3=C2C(=O)C[C@@H](c2cccs2)C3)cc([N+](=O)[O-])c1O. The van der Waals surface area contributed by atoms with Gasteiger partial charge in [-0.3, -0.25) is 14.9 Å². The third-order valence-electron chi connectivity index (χ3n) is 7.32. The number of carbonyl (C=O) groups excluding carboxylic acids is 2. The number of nitro groups is 1. The van der Waals surface area contributed by atoms with Crippen molar-refractivity contribution >= 4 is 28.8 Å². The Morgan fingerprint density at radius 2 is 2.15 bits per heavy atom. The number of ketones is 1. The predicted octanol–water partition coefficient (Wildman–Crippen LogP) is 4.84. The summed E-state index contributed by atoms with van der Waals surface area (Å²) in [7, 11) is 0. The van der Waals surface area contributed by atoms with Gasteiger partial charge < -0.3 is 24.6 Å². The molecule has 1 fully saturated rings. The van der Waals surface area contributed by atoms with Crippen LogP contribution < -0.4 is 10.1 Å².